The number of thioether (sulfide) groups is 2. The zero-order valence-electron chi connectivity index (χ0n) is 16.8. The number of aromatic nitrogens is 1. The standard InChI is InChI=1S/C19H19N3O5S5/c1-2-12-20-6-13(31-12)29-7-10-8-30-18-15(17(24)22(18)16(10)19(25)26)21-11(23)9-32(27)14-4-3-5-28-14/h3-6,15,18H,2,7-9H2,1H3,(H,21,23)(H,25,26)/t15?,18-,32?/m0/s1. The predicted molar refractivity (Wildman–Crippen MR) is 127 cm³/mol. The lowest BCUT2D eigenvalue weighted by atomic mass is 10.0. The molecule has 13 heteroatoms. The van der Waals surface area contributed by atoms with Crippen molar-refractivity contribution in [1.82, 2.24) is 15.2 Å². The van der Waals surface area contributed by atoms with Gasteiger partial charge < -0.3 is 15.0 Å². The molecule has 2 unspecified atom stereocenters. The van der Waals surface area contributed by atoms with Crippen LogP contribution in [0.5, 0.6) is 0 Å². The number of β-lactam (4-membered cyclic amide) rings is 1. The summed E-state index contributed by atoms with van der Waals surface area (Å²) in [6.45, 7) is 2.03. The molecule has 3 atom stereocenters. The van der Waals surface area contributed by atoms with Crippen molar-refractivity contribution in [2.24, 2.45) is 0 Å². The van der Waals surface area contributed by atoms with E-state index in [1.165, 1.54) is 39.8 Å². The summed E-state index contributed by atoms with van der Waals surface area (Å²) in [5.74, 6) is -1.43. The minimum atomic E-state index is -1.47. The van der Waals surface area contributed by atoms with E-state index in [0.717, 1.165) is 15.6 Å². The molecule has 1 fully saturated rings. The fourth-order valence-corrected chi connectivity index (χ4v) is 8.64. The first kappa shape index (κ1) is 23.6. The number of thiophene rings is 1. The van der Waals surface area contributed by atoms with Gasteiger partial charge in [-0.3, -0.25) is 14.5 Å². The second kappa shape index (κ2) is 10.2. The summed E-state index contributed by atoms with van der Waals surface area (Å²) in [4.78, 5) is 42.6. The first-order valence-electron chi connectivity index (χ1n) is 9.57. The molecule has 170 valence electrons. The van der Waals surface area contributed by atoms with Crippen LogP contribution >= 0.6 is 46.2 Å². The highest BCUT2D eigenvalue weighted by Gasteiger charge is 2.54. The summed E-state index contributed by atoms with van der Waals surface area (Å²) >= 11 is 4.35. The third-order valence-electron chi connectivity index (χ3n) is 4.77. The Kier molecular flexibility index (Phi) is 7.52. The molecule has 0 aromatic carbocycles. The molecule has 32 heavy (non-hydrogen) atoms. The van der Waals surface area contributed by atoms with Crippen LogP contribution in [0.2, 0.25) is 0 Å². The van der Waals surface area contributed by atoms with Gasteiger partial charge in [0.2, 0.25) is 4.21 Å². The highest BCUT2D eigenvalue weighted by molar-refractivity contribution is 8.02. The first-order chi connectivity index (χ1) is 15.4. The molecule has 2 aromatic heterocycles. The minimum absolute atomic E-state index is 0.000795. The smallest absolute Gasteiger partial charge is 0.352 e. The van der Waals surface area contributed by atoms with Crippen LogP contribution in [0.1, 0.15) is 11.9 Å². The molecule has 2 amide bonds. The number of nitrogens with zero attached hydrogens (tertiary/aromatic N) is 2. The molecule has 2 aromatic rings. The summed E-state index contributed by atoms with van der Waals surface area (Å²) in [6.07, 6.45) is 2.64. The Hall–Kier alpha value is -1.51. The third kappa shape index (κ3) is 4.87. The van der Waals surface area contributed by atoms with Gasteiger partial charge in [0.1, 0.15) is 17.1 Å². The lowest BCUT2D eigenvalue weighted by Crippen LogP contribution is -2.70. The Labute approximate surface area is 204 Å². The van der Waals surface area contributed by atoms with Crippen LogP contribution in [0.3, 0.4) is 0 Å². The monoisotopic (exact) mass is 529 g/mol. The van der Waals surface area contributed by atoms with Gasteiger partial charge in [0.25, 0.3) is 11.8 Å². The molecular weight excluding hydrogens is 511 g/mol. The van der Waals surface area contributed by atoms with Gasteiger partial charge in [-0.05, 0) is 23.4 Å². The molecule has 0 radical (unpaired) electrons. The molecule has 4 heterocycles. The van der Waals surface area contributed by atoms with Crippen molar-refractivity contribution in [3.8, 4) is 0 Å². The van der Waals surface area contributed by atoms with Crippen molar-refractivity contribution in [3.05, 3.63) is 40.0 Å². The van der Waals surface area contributed by atoms with Gasteiger partial charge in [-0.1, -0.05) is 18.3 Å². The molecule has 4 rings (SSSR count). The van der Waals surface area contributed by atoms with E-state index in [9.17, 15) is 24.0 Å². The van der Waals surface area contributed by atoms with Crippen LogP contribution in [0.15, 0.2) is 43.4 Å². The average molecular weight is 530 g/mol. The number of thiazole rings is 1. The third-order valence-corrected chi connectivity index (χ3v) is 11.2. The number of aryl methyl sites for hydroxylation is 1. The van der Waals surface area contributed by atoms with E-state index in [4.69, 9.17) is 0 Å². The topological polar surface area (TPSA) is 123 Å². The van der Waals surface area contributed by atoms with Crippen LogP contribution in [-0.4, -0.2) is 66.0 Å². The molecule has 1 saturated heterocycles. The van der Waals surface area contributed by atoms with Crippen LogP contribution in [-0.2, 0) is 32.0 Å². The van der Waals surface area contributed by atoms with E-state index in [1.54, 1.807) is 35.0 Å². The van der Waals surface area contributed by atoms with Gasteiger partial charge >= 0.3 is 5.97 Å². The maximum atomic E-state index is 12.7. The van der Waals surface area contributed by atoms with E-state index >= 15 is 0 Å². The van der Waals surface area contributed by atoms with E-state index in [-0.39, 0.29) is 11.4 Å². The first-order valence-corrected chi connectivity index (χ1v) is 14.6. The number of carboxylic acids is 1. The van der Waals surface area contributed by atoms with Crippen LogP contribution in [0.25, 0.3) is 0 Å². The Morgan fingerprint density at radius 1 is 1.47 bits per heavy atom. The zero-order valence-corrected chi connectivity index (χ0v) is 20.9. The molecular formula is C19H19N3O5S5. The zero-order chi connectivity index (χ0) is 22.8. The largest absolute Gasteiger partial charge is 0.610 e. The Morgan fingerprint density at radius 3 is 2.94 bits per heavy atom. The molecule has 0 saturated carbocycles. The summed E-state index contributed by atoms with van der Waals surface area (Å²) in [7, 11) is 0. The van der Waals surface area contributed by atoms with Gasteiger partial charge in [0.15, 0.2) is 5.75 Å². The number of hydrogen-bond acceptors (Lipinski definition) is 9. The molecule has 2 aliphatic rings. The summed E-state index contributed by atoms with van der Waals surface area (Å²) in [5, 5.41) is 14.7. The highest BCUT2D eigenvalue weighted by Crippen LogP contribution is 2.42. The van der Waals surface area contributed by atoms with Gasteiger partial charge in [-0.25, -0.2) is 9.78 Å². The van der Waals surface area contributed by atoms with Gasteiger partial charge in [0, 0.05) is 28.7 Å². The fourth-order valence-electron chi connectivity index (χ4n) is 3.27. The van der Waals surface area contributed by atoms with Crippen LogP contribution < -0.4 is 5.32 Å². The number of nitrogens with one attached hydrogen (secondary N) is 1. The summed E-state index contributed by atoms with van der Waals surface area (Å²) in [5.41, 5.74) is 0.672. The lowest BCUT2D eigenvalue weighted by molar-refractivity contribution is -0.150. The van der Waals surface area contributed by atoms with Crippen molar-refractivity contribution in [1.29, 1.82) is 0 Å². The number of fused-ring (bicyclic) bond motifs is 1. The lowest BCUT2D eigenvalue weighted by Gasteiger charge is -2.49. The molecule has 0 aliphatic carbocycles. The number of hydrogen-bond donors (Lipinski definition) is 2. The number of amides is 2. The Morgan fingerprint density at radius 2 is 2.28 bits per heavy atom. The van der Waals surface area contributed by atoms with Crippen molar-refractivity contribution in [2.45, 2.75) is 33.2 Å². The predicted octanol–water partition coefficient (Wildman–Crippen LogP) is 2.41. The van der Waals surface area contributed by atoms with Crippen LogP contribution in [0.4, 0.5) is 0 Å². The average Bonchev–Trinajstić information content (AvgIpc) is 3.47. The summed E-state index contributed by atoms with van der Waals surface area (Å²) in [6, 6.07) is 2.64. The molecule has 0 bridgehead atoms. The maximum absolute atomic E-state index is 12.7. The quantitative estimate of drug-likeness (QED) is 0.288. The van der Waals surface area contributed by atoms with Gasteiger partial charge in [0.05, 0.1) is 15.4 Å². The number of rotatable bonds is 9. The van der Waals surface area contributed by atoms with E-state index < -0.39 is 40.4 Å². The Bertz CT molecular complexity index is 1050. The van der Waals surface area contributed by atoms with Gasteiger partial charge in [-0.15, -0.1) is 34.9 Å². The molecule has 2 N–H and O–H groups in total. The highest BCUT2D eigenvalue weighted by atomic mass is 32.2. The van der Waals surface area contributed by atoms with Crippen molar-refractivity contribution >= 4 is 75.2 Å². The number of carbonyl (C=O) groups is 3. The van der Waals surface area contributed by atoms with E-state index in [0.29, 0.717) is 21.3 Å². The minimum Gasteiger partial charge on any atom is -0.610 e. The Balaban J connectivity index is 1.40. The maximum Gasteiger partial charge on any atom is 0.352 e. The molecule has 8 nitrogen and oxygen atoms in total. The van der Waals surface area contributed by atoms with E-state index in [2.05, 4.69) is 10.3 Å². The molecule has 2 aliphatic heterocycles. The number of aliphatic carboxylic acids is 1. The van der Waals surface area contributed by atoms with Crippen molar-refractivity contribution in [3.63, 3.8) is 0 Å². The fraction of sp³-hybridized carbons (Fsp3) is 0.368. The summed E-state index contributed by atoms with van der Waals surface area (Å²) < 4.78 is 13.8. The second-order valence-electron chi connectivity index (χ2n) is 6.85. The van der Waals surface area contributed by atoms with Crippen LogP contribution in [0, 0.1) is 0 Å². The van der Waals surface area contributed by atoms with Crippen molar-refractivity contribution < 1.29 is 24.0 Å². The number of carboxylic acid groups (broad SMARTS) is 1. The number of carbonyl (C=O) groups excluding carboxylic acids is 2. The normalized spacial score (nSPS) is 21.2. The molecule has 0 spiro atoms. The SMILES string of the molecule is CCc1ncc(SCC2=C(C(=O)O)N3C(=O)C(NC(=O)C[S+]([O-])c4cccs4)[C@@H]3SC2)s1. The van der Waals surface area contributed by atoms with E-state index in [1.807, 2.05) is 6.92 Å². The van der Waals surface area contributed by atoms with Crippen molar-refractivity contribution in [2.75, 3.05) is 17.3 Å². The second-order valence-corrected chi connectivity index (χ2v) is 13.0. The van der Waals surface area contributed by atoms with Gasteiger partial charge in [-0.2, -0.15) is 0 Å².